The van der Waals surface area contributed by atoms with Gasteiger partial charge in [0.1, 0.15) is 12.4 Å². The summed E-state index contributed by atoms with van der Waals surface area (Å²) in [5.41, 5.74) is 1.80. The van der Waals surface area contributed by atoms with E-state index in [1.54, 1.807) is 24.3 Å². The number of benzene rings is 2. The van der Waals surface area contributed by atoms with Gasteiger partial charge in [0.25, 0.3) is 0 Å². The van der Waals surface area contributed by atoms with Crippen LogP contribution in [0.15, 0.2) is 42.5 Å². The summed E-state index contributed by atoms with van der Waals surface area (Å²) in [6.07, 6.45) is -0.201. The number of nitrogens with one attached hydrogen (secondary N) is 1. The van der Waals surface area contributed by atoms with E-state index >= 15 is 0 Å². The molecule has 0 aromatic heterocycles. The van der Waals surface area contributed by atoms with Crippen LogP contribution >= 0.6 is 23.2 Å². The van der Waals surface area contributed by atoms with E-state index in [4.69, 9.17) is 33.0 Å². The Balaban J connectivity index is 1.80. The third kappa shape index (κ3) is 6.64. The largest absolute Gasteiger partial charge is 0.489 e. The number of hydrogen-bond acceptors (Lipinski definition) is 3. The maximum atomic E-state index is 11.5. The molecule has 7 heteroatoms. The minimum Gasteiger partial charge on any atom is -0.489 e. The van der Waals surface area contributed by atoms with Crippen molar-refractivity contribution in [3.63, 3.8) is 0 Å². The maximum absolute atomic E-state index is 11.5. The second-order valence-electron chi connectivity index (χ2n) is 5.35. The number of carboxylic acid groups (broad SMARTS) is 1. The van der Waals surface area contributed by atoms with Gasteiger partial charge in [0.15, 0.2) is 0 Å². The molecule has 0 heterocycles. The van der Waals surface area contributed by atoms with Crippen LogP contribution < -0.4 is 10.1 Å². The zero-order chi connectivity index (χ0) is 18.2. The topological polar surface area (TPSA) is 75.6 Å². The fourth-order valence-corrected chi connectivity index (χ4v) is 2.33. The maximum Gasteiger partial charge on any atom is 0.303 e. The third-order valence-corrected chi connectivity index (χ3v) is 4.11. The fourth-order valence-electron chi connectivity index (χ4n) is 2.01. The number of amides is 1. The van der Waals surface area contributed by atoms with Crippen LogP contribution in [0, 0.1) is 0 Å². The van der Waals surface area contributed by atoms with Crippen molar-refractivity contribution < 1.29 is 19.4 Å². The standard InChI is InChI=1S/C18H17Cl2NO4/c19-15-6-3-13(9-16(15)20)11-25-14-4-1-12(2-5-14)10-21-17(22)7-8-18(23)24/h1-6,9H,7-8,10-11H2,(H,21,22)(H,23,24). The molecular formula is C18H17Cl2NO4. The Bertz CT molecular complexity index is 747. The average molecular weight is 382 g/mol. The number of hydrogen-bond donors (Lipinski definition) is 2. The van der Waals surface area contributed by atoms with Gasteiger partial charge < -0.3 is 15.2 Å². The smallest absolute Gasteiger partial charge is 0.303 e. The van der Waals surface area contributed by atoms with Gasteiger partial charge in [-0.05, 0) is 35.4 Å². The minimum absolute atomic E-state index is 0.0276. The molecule has 0 spiro atoms. The van der Waals surface area contributed by atoms with Crippen LogP contribution in [0.4, 0.5) is 0 Å². The normalized spacial score (nSPS) is 10.3. The monoisotopic (exact) mass is 381 g/mol. The minimum atomic E-state index is -0.987. The van der Waals surface area contributed by atoms with Gasteiger partial charge in [0.05, 0.1) is 16.5 Å². The van der Waals surface area contributed by atoms with Crippen LogP contribution in [0.2, 0.25) is 10.0 Å². The highest BCUT2D eigenvalue weighted by Gasteiger charge is 2.05. The molecule has 2 aromatic carbocycles. The van der Waals surface area contributed by atoms with E-state index < -0.39 is 5.97 Å². The van der Waals surface area contributed by atoms with E-state index in [1.807, 2.05) is 18.2 Å². The molecule has 2 N–H and O–H groups in total. The molecule has 0 bridgehead atoms. The zero-order valence-corrected chi connectivity index (χ0v) is 14.8. The molecule has 0 aliphatic heterocycles. The van der Waals surface area contributed by atoms with Crippen LogP contribution in [0.25, 0.3) is 0 Å². The number of aliphatic carboxylic acids is 1. The molecule has 2 rings (SSSR count). The average Bonchev–Trinajstić information content (AvgIpc) is 2.60. The van der Waals surface area contributed by atoms with E-state index in [-0.39, 0.29) is 18.7 Å². The Hall–Kier alpha value is -2.24. The summed E-state index contributed by atoms with van der Waals surface area (Å²) in [7, 11) is 0. The Morgan fingerprint density at radius 2 is 1.64 bits per heavy atom. The Morgan fingerprint density at radius 1 is 0.960 bits per heavy atom. The van der Waals surface area contributed by atoms with Crippen molar-refractivity contribution >= 4 is 35.1 Å². The molecule has 0 saturated carbocycles. The molecule has 25 heavy (non-hydrogen) atoms. The molecule has 0 unspecified atom stereocenters. The number of carbonyl (C=O) groups is 2. The lowest BCUT2D eigenvalue weighted by atomic mass is 10.2. The number of ether oxygens (including phenoxy) is 1. The number of halogens is 2. The van der Waals surface area contributed by atoms with Gasteiger partial charge in [-0.1, -0.05) is 41.4 Å². The van der Waals surface area contributed by atoms with Crippen LogP contribution in [-0.4, -0.2) is 17.0 Å². The van der Waals surface area contributed by atoms with E-state index in [0.29, 0.717) is 28.9 Å². The van der Waals surface area contributed by atoms with Gasteiger partial charge in [0.2, 0.25) is 5.91 Å². The number of carboxylic acids is 1. The Labute approximate surface area is 155 Å². The lowest BCUT2D eigenvalue weighted by Crippen LogP contribution is -2.23. The van der Waals surface area contributed by atoms with Gasteiger partial charge in [-0.3, -0.25) is 9.59 Å². The SMILES string of the molecule is O=C(O)CCC(=O)NCc1ccc(OCc2ccc(Cl)c(Cl)c2)cc1. The highest BCUT2D eigenvalue weighted by atomic mass is 35.5. The summed E-state index contributed by atoms with van der Waals surface area (Å²) in [6, 6.07) is 12.6. The first-order valence-electron chi connectivity index (χ1n) is 7.58. The van der Waals surface area contributed by atoms with Gasteiger partial charge in [-0.15, -0.1) is 0 Å². The summed E-state index contributed by atoms with van der Waals surface area (Å²) < 4.78 is 5.68. The second kappa shape index (κ2) is 9.30. The summed E-state index contributed by atoms with van der Waals surface area (Å²) in [5.74, 6) is -0.590. The molecule has 5 nitrogen and oxygen atoms in total. The summed E-state index contributed by atoms with van der Waals surface area (Å²) in [5, 5.41) is 12.2. The highest BCUT2D eigenvalue weighted by molar-refractivity contribution is 6.42. The quantitative estimate of drug-likeness (QED) is 0.722. The molecule has 1 amide bonds. The van der Waals surface area contributed by atoms with E-state index in [0.717, 1.165) is 11.1 Å². The van der Waals surface area contributed by atoms with Crippen LogP contribution in [0.3, 0.4) is 0 Å². The third-order valence-electron chi connectivity index (χ3n) is 3.37. The van der Waals surface area contributed by atoms with Gasteiger partial charge in [0, 0.05) is 13.0 Å². The molecule has 0 aliphatic carbocycles. The number of rotatable bonds is 8. The molecule has 0 atom stereocenters. The van der Waals surface area contributed by atoms with E-state index in [9.17, 15) is 9.59 Å². The van der Waals surface area contributed by atoms with Crippen molar-refractivity contribution in [1.29, 1.82) is 0 Å². The van der Waals surface area contributed by atoms with Gasteiger partial charge in [-0.25, -0.2) is 0 Å². The fraction of sp³-hybridized carbons (Fsp3) is 0.222. The second-order valence-corrected chi connectivity index (χ2v) is 6.17. The van der Waals surface area contributed by atoms with Crippen molar-refractivity contribution in [3.05, 3.63) is 63.6 Å². The summed E-state index contributed by atoms with van der Waals surface area (Å²) in [6.45, 7) is 0.702. The van der Waals surface area contributed by atoms with E-state index in [2.05, 4.69) is 5.32 Å². The van der Waals surface area contributed by atoms with Crippen molar-refractivity contribution in [3.8, 4) is 5.75 Å². The lowest BCUT2D eigenvalue weighted by Gasteiger charge is -2.09. The first-order chi connectivity index (χ1) is 11.9. The van der Waals surface area contributed by atoms with Crippen LogP contribution in [0.1, 0.15) is 24.0 Å². The van der Waals surface area contributed by atoms with E-state index in [1.165, 1.54) is 0 Å². The summed E-state index contributed by atoms with van der Waals surface area (Å²) >= 11 is 11.8. The van der Waals surface area contributed by atoms with Gasteiger partial charge in [-0.2, -0.15) is 0 Å². The molecule has 0 fully saturated rings. The van der Waals surface area contributed by atoms with Crippen LogP contribution in [-0.2, 0) is 22.7 Å². The molecule has 0 radical (unpaired) electrons. The van der Waals surface area contributed by atoms with Crippen molar-refractivity contribution in [2.75, 3.05) is 0 Å². The van der Waals surface area contributed by atoms with Crippen molar-refractivity contribution in [2.45, 2.75) is 26.0 Å². The van der Waals surface area contributed by atoms with Crippen molar-refractivity contribution in [1.82, 2.24) is 5.32 Å². The van der Waals surface area contributed by atoms with Crippen molar-refractivity contribution in [2.24, 2.45) is 0 Å². The lowest BCUT2D eigenvalue weighted by molar-refractivity contribution is -0.138. The molecule has 2 aromatic rings. The number of carbonyl (C=O) groups excluding carboxylic acids is 1. The molecule has 132 valence electrons. The van der Waals surface area contributed by atoms with Crippen LogP contribution in [0.5, 0.6) is 5.75 Å². The summed E-state index contributed by atoms with van der Waals surface area (Å²) in [4.78, 5) is 21.9. The van der Waals surface area contributed by atoms with Gasteiger partial charge >= 0.3 is 5.97 Å². The first-order valence-corrected chi connectivity index (χ1v) is 8.34. The first kappa shape index (κ1) is 19.1. The Kier molecular flexibility index (Phi) is 7.10. The highest BCUT2D eigenvalue weighted by Crippen LogP contribution is 2.23. The molecular weight excluding hydrogens is 365 g/mol. The molecule has 0 saturated heterocycles. The predicted octanol–water partition coefficient (Wildman–Crippen LogP) is 4.05. The predicted molar refractivity (Wildman–Crippen MR) is 96.0 cm³/mol. The Morgan fingerprint density at radius 3 is 2.28 bits per heavy atom. The molecule has 0 aliphatic rings. The zero-order valence-electron chi connectivity index (χ0n) is 13.3.